The predicted molar refractivity (Wildman–Crippen MR) is 107 cm³/mol. The number of urea groups is 1. The third-order valence-electron chi connectivity index (χ3n) is 5.90. The number of fused-ring (bicyclic) bond motifs is 2. The van der Waals surface area contributed by atoms with Crippen LogP contribution in [0, 0.1) is 18.7 Å². The Hall–Kier alpha value is -2.94. The maximum absolute atomic E-state index is 13.4. The number of nitrogens with one attached hydrogen (secondary N) is 1. The number of nitrogens with zero attached hydrogens (tertiary/aromatic N) is 5. The summed E-state index contributed by atoms with van der Waals surface area (Å²) in [4.78, 5) is 15.1. The van der Waals surface area contributed by atoms with E-state index in [0.29, 0.717) is 34.1 Å². The molecule has 2 bridgehead atoms. The number of hydrogen-bond donors (Lipinski definition) is 1. The molecule has 2 unspecified atom stereocenters. The Kier molecular flexibility index (Phi) is 4.32. The van der Waals surface area contributed by atoms with Crippen LogP contribution in [0.3, 0.4) is 0 Å². The maximum Gasteiger partial charge on any atom is 0.323 e. The van der Waals surface area contributed by atoms with Crippen molar-refractivity contribution in [2.75, 3.05) is 5.32 Å². The molecule has 2 aliphatic rings. The van der Waals surface area contributed by atoms with E-state index in [1.165, 1.54) is 10.9 Å². The molecule has 2 amide bonds. The minimum atomic E-state index is -0.575. The van der Waals surface area contributed by atoms with Crippen molar-refractivity contribution < 1.29 is 13.6 Å². The average Bonchev–Trinajstić information content (AvgIpc) is 3.31. The molecule has 10 heteroatoms. The summed E-state index contributed by atoms with van der Waals surface area (Å²) in [6.07, 6.45) is 4.84. The van der Waals surface area contributed by atoms with Crippen molar-refractivity contribution >= 4 is 23.3 Å². The van der Waals surface area contributed by atoms with Gasteiger partial charge in [-0.1, -0.05) is 18.5 Å². The Bertz CT molecular complexity index is 1130. The molecule has 8 nitrogen and oxygen atoms in total. The lowest BCUT2D eigenvalue weighted by Gasteiger charge is -2.61. The molecule has 1 N–H and O–H groups in total. The highest BCUT2D eigenvalue weighted by Gasteiger charge is 2.62. The largest absolute Gasteiger partial charge is 0.423 e. The monoisotopic (exact) mass is 430 g/mol. The van der Waals surface area contributed by atoms with E-state index in [1.807, 2.05) is 4.90 Å². The number of aryl methyl sites for hydroxylation is 1. The zero-order chi connectivity index (χ0) is 21.0. The summed E-state index contributed by atoms with van der Waals surface area (Å²) >= 11 is 6.24. The van der Waals surface area contributed by atoms with E-state index < -0.39 is 11.4 Å². The van der Waals surface area contributed by atoms with Gasteiger partial charge in [0.15, 0.2) is 5.82 Å². The van der Waals surface area contributed by atoms with Gasteiger partial charge < -0.3 is 14.6 Å². The van der Waals surface area contributed by atoms with E-state index in [0.717, 1.165) is 25.5 Å². The lowest BCUT2D eigenvalue weighted by atomic mass is 9.64. The summed E-state index contributed by atoms with van der Waals surface area (Å²) in [5.41, 5.74) is 0.428. The molecule has 3 aromatic rings. The highest BCUT2D eigenvalue weighted by atomic mass is 35.5. The molecule has 1 saturated carbocycles. The molecule has 1 aliphatic heterocycles. The summed E-state index contributed by atoms with van der Waals surface area (Å²) < 4.78 is 20.4. The number of benzene rings is 1. The van der Waals surface area contributed by atoms with Gasteiger partial charge >= 0.3 is 6.03 Å². The van der Waals surface area contributed by atoms with Crippen LogP contribution < -0.4 is 5.32 Å². The van der Waals surface area contributed by atoms with Crippen LogP contribution in [-0.4, -0.2) is 37.0 Å². The fourth-order valence-electron chi connectivity index (χ4n) is 4.82. The standard InChI is InChI=1S/C20H20ClFN6O2/c1-11-5-15-8-20(7-11,18-26-25-12(2)30-18)28(15)19(29)24-14-3-4-16(21)17(6-14)27-10-13(22)9-23-27/h3-4,6,9-11,15H,5,7-8H2,1-2H3,(H,24,29)/t11-,15?,20?/m0/s1. The Balaban J connectivity index is 1.43. The number of hydrogen-bond acceptors (Lipinski definition) is 5. The summed E-state index contributed by atoms with van der Waals surface area (Å²) in [5, 5.41) is 15.5. The molecule has 0 spiro atoms. The quantitative estimate of drug-likeness (QED) is 0.669. The highest BCUT2D eigenvalue weighted by Crippen LogP contribution is 2.55. The number of rotatable bonds is 3. The van der Waals surface area contributed by atoms with Crippen LogP contribution in [0.15, 0.2) is 35.0 Å². The van der Waals surface area contributed by atoms with Crippen molar-refractivity contribution in [3.63, 3.8) is 0 Å². The Morgan fingerprint density at radius 2 is 2.20 bits per heavy atom. The molecule has 3 atom stereocenters. The minimum absolute atomic E-state index is 0.118. The van der Waals surface area contributed by atoms with Crippen molar-refractivity contribution in [2.24, 2.45) is 5.92 Å². The normalized spacial score (nSPS) is 25.1. The Morgan fingerprint density at radius 1 is 1.37 bits per heavy atom. The number of aromatic nitrogens is 4. The van der Waals surface area contributed by atoms with Gasteiger partial charge in [0.2, 0.25) is 11.8 Å². The van der Waals surface area contributed by atoms with Crippen molar-refractivity contribution in [1.29, 1.82) is 0 Å². The number of piperidine rings is 1. The molecule has 0 radical (unpaired) electrons. The van der Waals surface area contributed by atoms with Gasteiger partial charge in [-0.05, 0) is 37.0 Å². The number of halogens is 2. The molecule has 1 saturated heterocycles. The SMILES string of the molecule is Cc1nnc(C23CC(C[C@H](C)C2)N3C(=O)Nc2ccc(Cl)c(-n3cc(F)cn3)c2)o1. The second-order valence-corrected chi connectivity index (χ2v) is 8.54. The highest BCUT2D eigenvalue weighted by molar-refractivity contribution is 6.32. The third-order valence-corrected chi connectivity index (χ3v) is 6.22. The van der Waals surface area contributed by atoms with Crippen molar-refractivity contribution in [3.05, 3.63) is 53.2 Å². The summed E-state index contributed by atoms with van der Waals surface area (Å²) in [6.45, 7) is 3.92. The number of likely N-dealkylation sites (tertiary alicyclic amines) is 1. The second-order valence-electron chi connectivity index (χ2n) is 8.13. The van der Waals surface area contributed by atoms with Crippen LogP contribution in [0.4, 0.5) is 14.9 Å². The second kappa shape index (κ2) is 6.80. The molecule has 5 rings (SSSR count). The number of carbonyl (C=O) groups excluding carboxylic acids is 1. The van der Waals surface area contributed by atoms with Crippen LogP contribution in [-0.2, 0) is 5.54 Å². The first kappa shape index (κ1) is 19.0. The van der Waals surface area contributed by atoms with E-state index in [4.69, 9.17) is 16.0 Å². The van der Waals surface area contributed by atoms with Crippen LogP contribution >= 0.6 is 11.6 Å². The van der Waals surface area contributed by atoms with Gasteiger partial charge in [-0.2, -0.15) is 5.10 Å². The van der Waals surface area contributed by atoms with Crippen molar-refractivity contribution in [2.45, 2.75) is 44.7 Å². The smallest absolute Gasteiger partial charge is 0.323 e. The minimum Gasteiger partial charge on any atom is -0.423 e. The van der Waals surface area contributed by atoms with E-state index in [2.05, 4.69) is 27.5 Å². The van der Waals surface area contributed by atoms with Gasteiger partial charge in [0, 0.05) is 25.1 Å². The fraction of sp³-hybridized carbons (Fsp3) is 0.400. The maximum atomic E-state index is 13.4. The van der Waals surface area contributed by atoms with E-state index in [-0.39, 0.29) is 12.1 Å². The fourth-order valence-corrected chi connectivity index (χ4v) is 5.02. The van der Waals surface area contributed by atoms with Gasteiger partial charge in [0.1, 0.15) is 5.54 Å². The Morgan fingerprint density at radius 3 is 2.90 bits per heavy atom. The van der Waals surface area contributed by atoms with Gasteiger partial charge in [0.25, 0.3) is 0 Å². The number of anilines is 1. The topological polar surface area (TPSA) is 89.1 Å². The average molecular weight is 431 g/mol. The first-order valence-electron chi connectivity index (χ1n) is 9.77. The van der Waals surface area contributed by atoms with Crippen molar-refractivity contribution in [1.82, 2.24) is 24.9 Å². The van der Waals surface area contributed by atoms with Crippen LogP contribution in [0.1, 0.15) is 38.0 Å². The zero-order valence-corrected chi connectivity index (χ0v) is 17.2. The first-order valence-corrected chi connectivity index (χ1v) is 10.1. The van der Waals surface area contributed by atoms with Gasteiger partial charge in [-0.25, -0.2) is 13.9 Å². The zero-order valence-electron chi connectivity index (χ0n) is 16.5. The van der Waals surface area contributed by atoms with Gasteiger partial charge in [-0.15, -0.1) is 10.2 Å². The molecule has 3 heterocycles. The van der Waals surface area contributed by atoms with E-state index in [9.17, 15) is 9.18 Å². The van der Waals surface area contributed by atoms with Crippen LogP contribution in [0.25, 0.3) is 5.69 Å². The van der Waals surface area contributed by atoms with E-state index >= 15 is 0 Å². The molecular formula is C20H20ClFN6O2. The van der Waals surface area contributed by atoms with Crippen LogP contribution in [0.5, 0.6) is 0 Å². The Labute approximate surface area is 177 Å². The lowest BCUT2D eigenvalue weighted by molar-refractivity contribution is -0.110. The van der Waals surface area contributed by atoms with Crippen molar-refractivity contribution in [3.8, 4) is 5.69 Å². The summed E-state index contributed by atoms with van der Waals surface area (Å²) in [6, 6.07) is 4.88. The first-order chi connectivity index (χ1) is 14.4. The summed E-state index contributed by atoms with van der Waals surface area (Å²) in [7, 11) is 0. The van der Waals surface area contributed by atoms with Gasteiger partial charge in [-0.3, -0.25) is 0 Å². The molecule has 1 aliphatic carbocycles. The van der Waals surface area contributed by atoms with Gasteiger partial charge in [0.05, 0.1) is 23.1 Å². The molecule has 2 aromatic heterocycles. The molecule has 156 valence electrons. The van der Waals surface area contributed by atoms with E-state index in [1.54, 1.807) is 25.1 Å². The predicted octanol–water partition coefficient (Wildman–Crippen LogP) is 4.29. The molecule has 2 fully saturated rings. The van der Waals surface area contributed by atoms with Crippen LogP contribution in [0.2, 0.25) is 5.02 Å². The lowest BCUT2D eigenvalue weighted by Crippen LogP contribution is -2.70. The molecular weight excluding hydrogens is 411 g/mol. The number of amides is 2. The summed E-state index contributed by atoms with van der Waals surface area (Å²) in [5.74, 6) is 0.952. The third kappa shape index (κ3) is 2.96. The molecule has 1 aromatic carbocycles. The molecule has 30 heavy (non-hydrogen) atoms. The number of carbonyl (C=O) groups is 1.